The van der Waals surface area contributed by atoms with Crippen LogP contribution in [0.1, 0.15) is 40.2 Å². The van der Waals surface area contributed by atoms with Crippen LogP contribution in [0.15, 0.2) is 17.6 Å². The molecular formula is C17H21BCl2O4S. The Labute approximate surface area is 163 Å². The number of phenols is 1. The van der Waals surface area contributed by atoms with Crippen molar-refractivity contribution in [3.8, 4) is 5.75 Å². The molecule has 0 saturated carbocycles. The zero-order valence-electron chi connectivity index (χ0n) is 14.9. The van der Waals surface area contributed by atoms with E-state index >= 15 is 0 Å². The maximum absolute atomic E-state index is 11.4. The number of rotatable bonds is 4. The van der Waals surface area contributed by atoms with Gasteiger partial charge in [0, 0.05) is 18.7 Å². The molecule has 1 N–H and O–H groups in total. The van der Waals surface area contributed by atoms with E-state index in [1.165, 1.54) is 24.8 Å². The summed E-state index contributed by atoms with van der Waals surface area (Å²) < 4.78 is 12.2. The van der Waals surface area contributed by atoms with E-state index in [1.807, 2.05) is 27.7 Å². The number of phenolic OH excluding ortho intramolecular Hbond substituents is 1. The summed E-state index contributed by atoms with van der Waals surface area (Å²) in [6.07, 6.45) is 1.80. The van der Waals surface area contributed by atoms with Crippen LogP contribution >= 0.6 is 35.0 Å². The molecule has 1 heterocycles. The van der Waals surface area contributed by atoms with Gasteiger partial charge in [0.2, 0.25) is 0 Å². The quantitative estimate of drug-likeness (QED) is 0.718. The topological polar surface area (TPSA) is 55.8 Å². The van der Waals surface area contributed by atoms with Crippen LogP contribution in [0.2, 0.25) is 10.0 Å². The number of carbonyl (C=O) groups excluding carboxylic acids is 1. The second-order valence-electron chi connectivity index (χ2n) is 6.91. The van der Waals surface area contributed by atoms with Gasteiger partial charge in [-0.2, -0.15) is 0 Å². The zero-order chi connectivity index (χ0) is 19.0. The Morgan fingerprint density at radius 2 is 1.76 bits per heavy atom. The van der Waals surface area contributed by atoms with Crippen molar-refractivity contribution in [2.75, 3.05) is 5.75 Å². The number of hydrogen-bond acceptors (Lipinski definition) is 5. The van der Waals surface area contributed by atoms with Crippen molar-refractivity contribution >= 4 is 53.3 Å². The summed E-state index contributed by atoms with van der Waals surface area (Å²) in [5, 5.41) is 10.2. The highest BCUT2D eigenvalue weighted by atomic mass is 35.5. The summed E-state index contributed by atoms with van der Waals surface area (Å²) in [4.78, 5) is 11.4. The molecule has 8 heteroatoms. The molecule has 0 atom stereocenters. The maximum atomic E-state index is 11.4. The van der Waals surface area contributed by atoms with E-state index in [0.717, 1.165) is 5.47 Å². The van der Waals surface area contributed by atoms with Gasteiger partial charge in [-0.25, -0.2) is 0 Å². The molecule has 0 aromatic heterocycles. The lowest BCUT2D eigenvalue weighted by Gasteiger charge is -2.32. The normalized spacial score (nSPS) is 19.3. The van der Waals surface area contributed by atoms with Crippen LogP contribution in [0.5, 0.6) is 5.75 Å². The number of thioether (sulfide) groups is 1. The predicted octanol–water partition coefficient (Wildman–Crippen LogP) is 4.99. The first-order valence-electron chi connectivity index (χ1n) is 7.80. The van der Waals surface area contributed by atoms with Crippen LogP contribution in [0.3, 0.4) is 0 Å². The first kappa shape index (κ1) is 20.7. The number of hydrogen-bond donors (Lipinski definition) is 1. The van der Waals surface area contributed by atoms with Gasteiger partial charge >= 0.3 is 7.12 Å². The van der Waals surface area contributed by atoms with E-state index in [4.69, 9.17) is 32.5 Å². The van der Waals surface area contributed by atoms with E-state index in [9.17, 15) is 9.90 Å². The average Bonchev–Trinajstić information content (AvgIpc) is 2.68. The minimum absolute atomic E-state index is 0.00254. The minimum atomic E-state index is -0.597. The smallest absolute Gasteiger partial charge is 0.491 e. The van der Waals surface area contributed by atoms with Crippen molar-refractivity contribution in [2.45, 2.75) is 45.8 Å². The van der Waals surface area contributed by atoms with Crippen molar-refractivity contribution in [3.05, 3.63) is 33.2 Å². The van der Waals surface area contributed by atoms with Crippen molar-refractivity contribution < 1.29 is 19.2 Å². The molecule has 25 heavy (non-hydrogen) atoms. The molecule has 1 aliphatic heterocycles. The fraction of sp³-hybridized carbons (Fsp3) is 0.471. The molecule has 1 fully saturated rings. The first-order valence-corrected chi connectivity index (χ1v) is 9.54. The van der Waals surface area contributed by atoms with Gasteiger partial charge in [0.05, 0.1) is 21.2 Å². The monoisotopic (exact) mass is 402 g/mol. The number of carbonyl (C=O) groups is 1. The third kappa shape index (κ3) is 4.74. The molecule has 0 amide bonds. The van der Waals surface area contributed by atoms with Crippen LogP contribution in [-0.4, -0.2) is 34.3 Å². The van der Waals surface area contributed by atoms with Crippen molar-refractivity contribution in [3.63, 3.8) is 0 Å². The molecule has 1 saturated heterocycles. The first-order chi connectivity index (χ1) is 11.4. The molecule has 136 valence electrons. The Balaban J connectivity index is 2.40. The summed E-state index contributed by atoms with van der Waals surface area (Å²) >= 11 is 13.4. The lowest BCUT2D eigenvalue weighted by Crippen LogP contribution is -2.41. The van der Waals surface area contributed by atoms with Crippen molar-refractivity contribution in [1.82, 2.24) is 0 Å². The molecule has 0 aliphatic carbocycles. The Morgan fingerprint density at radius 3 is 2.28 bits per heavy atom. The molecule has 1 aliphatic rings. The third-order valence-corrected chi connectivity index (χ3v) is 5.92. The Bertz CT molecular complexity index is 703. The molecule has 2 rings (SSSR count). The summed E-state index contributed by atoms with van der Waals surface area (Å²) in [6.45, 7) is 9.37. The van der Waals surface area contributed by atoms with Crippen LogP contribution in [0, 0.1) is 0 Å². The Morgan fingerprint density at radius 1 is 1.20 bits per heavy atom. The highest BCUT2D eigenvalue weighted by Crippen LogP contribution is 2.40. The zero-order valence-corrected chi connectivity index (χ0v) is 17.2. The molecule has 4 nitrogen and oxygen atoms in total. The van der Waals surface area contributed by atoms with E-state index < -0.39 is 18.3 Å². The standard InChI is InChI=1S/C17H21BCl2O4S/c1-10(21)25-9-12(18-23-16(2,3)17(4,5)24-18)6-11-7-14(20)15(22)8-13(11)19/h6-8,22H,9H2,1-5H3. The molecule has 1 aromatic carbocycles. The van der Waals surface area contributed by atoms with E-state index in [1.54, 1.807) is 12.1 Å². The van der Waals surface area contributed by atoms with Gasteiger partial charge < -0.3 is 14.4 Å². The van der Waals surface area contributed by atoms with E-state index in [-0.39, 0.29) is 15.9 Å². The molecular weight excluding hydrogens is 382 g/mol. The molecule has 1 aromatic rings. The van der Waals surface area contributed by atoms with Crippen molar-refractivity contribution in [1.29, 1.82) is 0 Å². The largest absolute Gasteiger partial charge is 0.506 e. The van der Waals surface area contributed by atoms with Gasteiger partial charge in [-0.1, -0.05) is 41.0 Å². The fourth-order valence-corrected chi connectivity index (χ4v) is 3.19. The summed E-state index contributed by atoms with van der Waals surface area (Å²) in [7, 11) is -0.597. The maximum Gasteiger partial charge on any atom is 0.491 e. The van der Waals surface area contributed by atoms with Crippen LogP contribution in [-0.2, 0) is 14.1 Å². The molecule has 0 radical (unpaired) electrons. The predicted molar refractivity (Wildman–Crippen MR) is 105 cm³/mol. The molecule has 0 bridgehead atoms. The number of halogens is 2. The second kappa shape index (κ2) is 7.53. The lowest BCUT2D eigenvalue weighted by atomic mass is 9.78. The highest BCUT2D eigenvalue weighted by molar-refractivity contribution is 8.13. The van der Waals surface area contributed by atoms with Gasteiger partial charge in [0.1, 0.15) is 5.75 Å². The van der Waals surface area contributed by atoms with Gasteiger partial charge in [0.15, 0.2) is 5.12 Å². The molecule has 0 unspecified atom stereocenters. The van der Waals surface area contributed by atoms with E-state index in [2.05, 4.69) is 0 Å². The van der Waals surface area contributed by atoms with E-state index in [0.29, 0.717) is 16.3 Å². The lowest BCUT2D eigenvalue weighted by molar-refractivity contribution is -0.109. The summed E-state index contributed by atoms with van der Waals surface area (Å²) in [6, 6.07) is 2.96. The fourth-order valence-electron chi connectivity index (χ4n) is 2.22. The van der Waals surface area contributed by atoms with Gasteiger partial charge in [-0.3, -0.25) is 4.79 Å². The number of benzene rings is 1. The highest BCUT2D eigenvalue weighted by Gasteiger charge is 2.52. The minimum Gasteiger partial charge on any atom is -0.506 e. The van der Waals surface area contributed by atoms with Crippen molar-refractivity contribution in [2.24, 2.45) is 0 Å². The Hall–Kier alpha value is -0.655. The average molecular weight is 403 g/mol. The van der Waals surface area contributed by atoms with Gasteiger partial charge in [-0.05, 0) is 44.8 Å². The van der Waals surface area contributed by atoms with Gasteiger partial charge in [-0.15, -0.1) is 0 Å². The second-order valence-corrected chi connectivity index (χ2v) is 8.88. The van der Waals surface area contributed by atoms with Crippen LogP contribution in [0.25, 0.3) is 6.08 Å². The summed E-state index contributed by atoms with van der Waals surface area (Å²) in [5.41, 5.74) is 0.406. The summed E-state index contributed by atoms with van der Waals surface area (Å²) in [5.74, 6) is 0.320. The number of aromatic hydroxyl groups is 1. The third-order valence-electron chi connectivity index (χ3n) is 4.41. The molecule has 0 spiro atoms. The SMILES string of the molecule is CC(=O)SCC(=Cc1cc(Cl)c(O)cc1Cl)B1OC(C)(C)C(C)(C)O1. The van der Waals surface area contributed by atoms with Crippen LogP contribution in [0.4, 0.5) is 0 Å². The Kier molecular flexibility index (Phi) is 6.22. The van der Waals surface area contributed by atoms with Crippen LogP contribution < -0.4 is 0 Å². The van der Waals surface area contributed by atoms with Gasteiger partial charge in [0.25, 0.3) is 0 Å².